The highest BCUT2D eigenvalue weighted by molar-refractivity contribution is 5.76. The van der Waals surface area contributed by atoms with E-state index in [1.165, 1.54) is 0 Å². The molecule has 0 atom stereocenters. The van der Waals surface area contributed by atoms with Crippen molar-refractivity contribution in [2.24, 2.45) is 0 Å². The van der Waals surface area contributed by atoms with E-state index in [9.17, 15) is 9.90 Å². The van der Waals surface area contributed by atoms with Crippen LogP contribution in [-0.2, 0) is 4.79 Å². The maximum atomic E-state index is 11.8. The second-order valence-corrected chi connectivity index (χ2v) is 6.08. The maximum Gasteiger partial charge on any atom is 0.223 e. The molecule has 2 rings (SSSR count). The van der Waals surface area contributed by atoms with Gasteiger partial charge in [-0.3, -0.25) is 4.79 Å². The normalized spacial score (nSPS) is 16.7. The number of ether oxygens (including phenoxy) is 1. The molecule has 1 fully saturated rings. The molecule has 1 amide bonds. The van der Waals surface area contributed by atoms with E-state index in [-0.39, 0.29) is 5.91 Å². The fraction of sp³-hybridized carbons (Fsp3) is 0.588. The lowest BCUT2D eigenvalue weighted by molar-refractivity contribution is -0.122. The molecule has 1 aliphatic carbocycles. The lowest BCUT2D eigenvalue weighted by atomic mass is 10.0. The monoisotopic (exact) mass is 291 g/mol. The third kappa shape index (κ3) is 4.74. The van der Waals surface area contributed by atoms with Crippen molar-refractivity contribution in [1.82, 2.24) is 5.32 Å². The zero-order valence-electron chi connectivity index (χ0n) is 12.9. The van der Waals surface area contributed by atoms with Crippen LogP contribution in [0.25, 0.3) is 0 Å². The molecular formula is C17H25NO3. The van der Waals surface area contributed by atoms with Gasteiger partial charge in [0.2, 0.25) is 5.91 Å². The molecule has 4 nitrogen and oxygen atoms in total. The summed E-state index contributed by atoms with van der Waals surface area (Å²) in [5.74, 6) is 0.762. The van der Waals surface area contributed by atoms with Crippen LogP contribution in [0.1, 0.15) is 43.2 Å². The van der Waals surface area contributed by atoms with Crippen LogP contribution >= 0.6 is 0 Å². The minimum atomic E-state index is -0.691. The largest absolute Gasteiger partial charge is 0.493 e. The minimum absolute atomic E-state index is 0.0689. The van der Waals surface area contributed by atoms with Crippen molar-refractivity contribution in [3.63, 3.8) is 0 Å². The molecule has 1 aromatic rings. The summed E-state index contributed by atoms with van der Waals surface area (Å²) in [5.41, 5.74) is 1.52. The highest BCUT2D eigenvalue weighted by atomic mass is 16.5. The molecule has 0 radical (unpaired) electrons. The maximum absolute atomic E-state index is 11.8. The van der Waals surface area contributed by atoms with E-state index in [1.807, 2.05) is 32.0 Å². The number of hydrogen-bond acceptors (Lipinski definition) is 3. The summed E-state index contributed by atoms with van der Waals surface area (Å²) < 4.78 is 5.66. The molecule has 1 aliphatic rings. The van der Waals surface area contributed by atoms with Crippen molar-refractivity contribution in [2.75, 3.05) is 13.2 Å². The van der Waals surface area contributed by atoms with Gasteiger partial charge in [-0.2, -0.15) is 0 Å². The molecule has 1 saturated carbocycles. The van der Waals surface area contributed by atoms with Gasteiger partial charge in [0.05, 0.1) is 18.6 Å². The van der Waals surface area contributed by atoms with Crippen LogP contribution in [0.5, 0.6) is 5.75 Å². The van der Waals surface area contributed by atoms with Crippen molar-refractivity contribution >= 4 is 5.91 Å². The van der Waals surface area contributed by atoms with E-state index in [0.717, 1.165) is 42.6 Å². The molecule has 0 spiro atoms. The number of carbonyl (C=O) groups is 1. The number of nitrogens with one attached hydrogen (secondary N) is 1. The molecule has 0 aliphatic heterocycles. The van der Waals surface area contributed by atoms with E-state index in [4.69, 9.17) is 4.74 Å². The van der Waals surface area contributed by atoms with Gasteiger partial charge >= 0.3 is 0 Å². The smallest absolute Gasteiger partial charge is 0.223 e. The first-order valence-corrected chi connectivity index (χ1v) is 7.68. The predicted octanol–water partition coefficient (Wildman–Crippen LogP) is 2.49. The average molecular weight is 291 g/mol. The fourth-order valence-corrected chi connectivity index (χ4v) is 2.68. The van der Waals surface area contributed by atoms with Gasteiger partial charge in [0.25, 0.3) is 0 Å². The Bertz CT molecular complexity index is 493. The minimum Gasteiger partial charge on any atom is -0.493 e. The second kappa shape index (κ2) is 6.94. The first-order chi connectivity index (χ1) is 9.98. The summed E-state index contributed by atoms with van der Waals surface area (Å²) in [6, 6.07) is 6.03. The van der Waals surface area contributed by atoms with Crippen molar-refractivity contribution in [3.05, 3.63) is 29.3 Å². The Kier molecular flexibility index (Phi) is 5.23. The number of amides is 1. The number of carbonyl (C=O) groups excluding carboxylic acids is 1. The Morgan fingerprint density at radius 2 is 2.05 bits per heavy atom. The van der Waals surface area contributed by atoms with Crippen molar-refractivity contribution in [2.45, 2.75) is 51.6 Å². The molecule has 21 heavy (non-hydrogen) atoms. The standard InChI is InChI=1S/C17H25NO3/c1-13-5-6-14(2)15(11-13)21-10-7-16(19)18-12-17(20)8-3-4-9-17/h5-6,11,20H,3-4,7-10,12H2,1-2H3,(H,18,19). The van der Waals surface area contributed by atoms with Crippen molar-refractivity contribution in [1.29, 1.82) is 0 Å². The van der Waals surface area contributed by atoms with Crippen LogP contribution in [0.4, 0.5) is 0 Å². The van der Waals surface area contributed by atoms with E-state index < -0.39 is 5.60 Å². The molecule has 4 heteroatoms. The Morgan fingerprint density at radius 1 is 1.33 bits per heavy atom. The van der Waals surface area contributed by atoms with Crippen LogP contribution in [0, 0.1) is 13.8 Å². The first kappa shape index (κ1) is 15.8. The van der Waals surface area contributed by atoms with E-state index in [1.54, 1.807) is 0 Å². The third-order valence-corrected chi connectivity index (χ3v) is 4.08. The number of aliphatic hydroxyl groups is 1. The van der Waals surface area contributed by atoms with Gasteiger partial charge in [0.15, 0.2) is 0 Å². The number of hydrogen-bond donors (Lipinski definition) is 2. The topological polar surface area (TPSA) is 58.6 Å². The molecule has 0 heterocycles. The lowest BCUT2D eigenvalue weighted by Gasteiger charge is -2.22. The molecule has 0 aromatic heterocycles. The average Bonchev–Trinajstić information content (AvgIpc) is 2.88. The summed E-state index contributed by atoms with van der Waals surface area (Å²) in [5, 5.41) is 13.0. The molecule has 0 bridgehead atoms. The highest BCUT2D eigenvalue weighted by Crippen LogP contribution is 2.28. The van der Waals surface area contributed by atoms with Gasteiger partial charge in [0.1, 0.15) is 5.75 Å². The third-order valence-electron chi connectivity index (χ3n) is 4.08. The van der Waals surface area contributed by atoms with Crippen LogP contribution in [-0.4, -0.2) is 29.8 Å². The van der Waals surface area contributed by atoms with E-state index in [0.29, 0.717) is 19.6 Å². The number of rotatable bonds is 6. The number of aryl methyl sites for hydroxylation is 2. The summed E-state index contributed by atoms with van der Waals surface area (Å²) in [6.45, 7) is 4.72. The summed E-state index contributed by atoms with van der Waals surface area (Å²) in [7, 11) is 0. The highest BCUT2D eigenvalue weighted by Gasteiger charge is 2.31. The second-order valence-electron chi connectivity index (χ2n) is 6.08. The Hall–Kier alpha value is -1.55. The van der Waals surface area contributed by atoms with E-state index in [2.05, 4.69) is 5.32 Å². The van der Waals surface area contributed by atoms with Crippen LogP contribution in [0.15, 0.2) is 18.2 Å². The molecule has 1 aromatic carbocycles. The Morgan fingerprint density at radius 3 is 2.76 bits per heavy atom. The van der Waals surface area contributed by atoms with Crippen LogP contribution < -0.4 is 10.1 Å². The van der Waals surface area contributed by atoms with Gasteiger partial charge in [0, 0.05) is 6.54 Å². The molecule has 0 saturated heterocycles. The molecular weight excluding hydrogens is 266 g/mol. The molecule has 0 unspecified atom stereocenters. The van der Waals surface area contributed by atoms with Gasteiger partial charge in [-0.15, -0.1) is 0 Å². The quantitative estimate of drug-likeness (QED) is 0.846. The number of benzene rings is 1. The SMILES string of the molecule is Cc1ccc(C)c(OCCC(=O)NCC2(O)CCCC2)c1. The summed E-state index contributed by atoms with van der Waals surface area (Å²) in [6.07, 6.45) is 3.96. The fourth-order valence-electron chi connectivity index (χ4n) is 2.68. The van der Waals surface area contributed by atoms with Crippen LogP contribution in [0.3, 0.4) is 0 Å². The summed E-state index contributed by atoms with van der Waals surface area (Å²) >= 11 is 0. The van der Waals surface area contributed by atoms with Crippen molar-refractivity contribution < 1.29 is 14.6 Å². The molecule has 116 valence electrons. The van der Waals surface area contributed by atoms with Crippen molar-refractivity contribution in [3.8, 4) is 5.75 Å². The zero-order chi connectivity index (χ0) is 15.3. The summed E-state index contributed by atoms with van der Waals surface area (Å²) in [4.78, 5) is 11.8. The zero-order valence-corrected chi connectivity index (χ0v) is 12.9. The van der Waals surface area contributed by atoms with Gasteiger partial charge in [-0.1, -0.05) is 25.0 Å². The lowest BCUT2D eigenvalue weighted by Crippen LogP contribution is -2.41. The predicted molar refractivity (Wildman–Crippen MR) is 82.5 cm³/mol. The van der Waals surface area contributed by atoms with Crippen LogP contribution in [0.2, 0.25) is 0 Å². The van der Waals surface area contributed by atoms with Gasteiger partial charge in [-0.25, -0.2) is 0 Å². The molecule has 2 N–H and O–H groups in total. The Labute approximate surface area is 126 Å². The Balaban J connectivity index is 1.70. The van der Waals surface area contributed by atoms with E-state index >= 15 is 0 Å². The first-order valence-electron chi connectivity index (χ1n) is 7.68. The van der Waals surface area contributed by atoms with Gasteiger partial charge < -0.3 is 15.2 Å². The van der Waals surface area contributed by atoms with Gasteiger partial charge in [-0.05, 0) is 43.9 Å².